The van der Waals surface area contributed by atoms with Crippen LogP contribution in [0, 0.1) is 11.8 Å². The number of ketones is 1. The average Bonchev–Trinajstić information content (AvgIpc) is 2.03. The molecule has 2 nitrogen and oxygen atoms in total. The maximum Gasteiger partial charge on any atom is 0.135 e. The molecule has 1 atom stereocenters. The van der Waals surface area contributed by atoms with Gasteiger partial charge in [-0.25, -0.2) is 0 Å². The number of hydrogen-bond donors (Lipinski definition) is 0. The van der Waals surface area contributed by atoms with Gasteiger partial charge in [0.2, 0.25) is 0 Å². The number of rotatable bonds is 6. The maximum absolute atomic E-state index is 11.5. The first-order chi connectivity index (χ1) is 6.34. The van der Waals surface area contributed by atoms with Gasteiger partial charge in [-0.05, 0) is 26.8 Å². The lowest BCUT2D eigenvalue weighted by atomic mass is 9.97. The highest BCUT2D eigenvalue weighted by Gasteiger charge is 2.14. The van der Waals surface area contributed by atoms with E-state index in [9.17, 15) is 4.79 Å². The molecular weight excluding hydrogens is 174 g/mol. The SMILES string of the molecule is CC(CC(=O)C(C)C)CN(C)C(C)C. The molecular formula is C12H25NO. The number of hydrogen-bond acceptors (Lipinski definition) is 2. The van der Waals surface area contributed by atoms with Crippen LogP contribution in [-0.2, 0) is 4.79 Å². The van der Waals surface area contributed by atoms with E-state index in [1.807, 2.05) is 13.8 Å². The summed E-state index contributed by atoms with van der Waals surface area (Å²) in [7, 11) is 2.11. The van der Waals surface area contributed by atoms with E-state index in [4.69, 9.17) is 0 Å². The first-order valence-corrected chi connectivity index (χ1v) is 5.57. The van der Waals surface area contributed by atoms with E-state index >= 15 is 0 Å². The third-order valence-electron chi connectivity index (χ3n) is 2.67. The first kappa shape index (κ1) is 13.6. The Kier molecular flexibility index (Phi) is 6.01. The summed E-state index contributed by atoms with van der Waals surface area (Å²) in [6.07, 6.45) is 0.717. The van der Waals surface area contributed by atoms with E-state index in [1.54, 1.807) is 0 Å². The topological polar surface area (TPSA) is 20.3 Å². The third-order valence-corrected chi connectivity index (χ3v) is 2.67. The molecule has 0 saturated carbocycles. The van der Waals surface area contributed by atoms with Crippen molar-refractivity contribution in [1.82, 2.24) is 4.90 Å². The molecule has 0 aliphatic heterocycles. The second-order valence-corrected chi connectivity index (χ2v) is 4.96. The van der Waals surface area contributed by atoms with E-state index in [0.29, 0.717) is 24.2 Å². The fourth-order valence-electron chi connectivity index (χ4n) is 1.35. The molecule has 0 fully saturated rings. The van der Waals surface area contributed by atoms with Crippen molar-refractivity contribution in [3.8, 4) is 0 Å². The quantitative estimate of drug-likeness (QED) is 0.655. The van der Waals surface area contributed by atoms with Gasteiger partial charge in [-0.2, -0.15) is 0 Å². The van der Waals surface area contributed by atoms with E-state index in [1.165, 1.54) is 0 Å². The molecule has 1 unspecified atom stereocenters. The molecule has 0 heterocycles. The van der Waals surface area contributed by atoms with Crippen molar-refractivity contribution < 1.29 is 4.79 Å². The van der Waals surface area contributed by atoms with Crippen molar-refractivity contribution >= 4 is 5.78 Å². The second-order valence-electron chi connectivity index (χ2n) is 4.96. The number of carbonyl (C=O) groups excluding carboxylic acids is 1. The van der Waals surface area contributed by atoms with Crippen LogP contribution >= 0.6 is 0 Å². The number of carbonyl (C=O) groups is 1. The molecule has 0 aromatic rings. The van der Waals surface area contributed by atoms with Crippen LogP contribution in [0.4, 0.5) is 0 Å². The fourth-order valence-corrected chi connectivity index (χ4v) is 1.35. The Hall–Kier alpha value is -0.370. The number of nitrogens with zero attached hydrogens (tertiary/aromatic N) is 1. The van der Waals surface area contributed by atoms with E-state index in [0.717, 1.165) is 6.54 Å². The summed E-state index contributed by atoms with van der Waals surface area (Å²) in [5.74, 6) is 1.04. The molecule has 0 N–H and O–H groups in total. The van der Waals surface area contributed by atoms with Gasteiger partial charge in [-0.3, -0.25) is 4.79 Å². The van der Waals surface area contributed by atoms with Crippen LogP contribution in [0.5, 0.6) is 0 Å². The first-order valence-electron chi connectivity index (χ1n) is 5.57. The fraction of sp³-hybridized carbons (Fsp3) is 0.917. The highest BCUT2D eigenvalue weighted by molar-refractivity contribution is 5.80. The van der Waals surface area contributed by atoms with Gasteiger partial charge in [0.1, 0.15) is 5.78 Å². The molecule has 2 heteroatoms. The van der Waals surface area contributed by atoms with Crippen LogP contribution < -0.4 is 0 Å². The van der Waals surface area contributed by atoms with Crippen LogP contribution in [0.1, 0.15) is 41.0 Å². The van der Waals surface area contributed by atoms with Crippen molar-refractivity contribution in [2.45, 2.75) is 47.1 Å². The minimum Gasteiger partial charge on any atom is -0.304 e. The van der Waals surface area contributed by atoms with Gasteiger partial charge >= 0.3 is 0 Å². The average molecular weight is 199 g/mol. The summed E-state index contributed by atoms with van der Waals surface area (Å²) < 4.78 is 0. The Morgan fingerprint density at radius 1 is 1.14 bits per heavy atom. The minimum absolute atomic E-state index is 0.182. The molecule has 14 heavy (non-hydrogen) atoms. The largest absolute Gasteiger partial charge is 0.304 e. The van der Waals surface area contributed by atoms with Crippen LogP contribution in [0.3, 0.4) is 0 Å². The number of Topliss-reactive ketones (excluding diaryl/α,β-unsaturated/α-hetero) is 1. The molecule has 0 aromatic heterocycles. The Morgan fingerprint density at radius 2 is 1.64 bits per heavy atom. The normalized spacial score (nSPS) is 14.1. The van der Waals surface area contributed by atoms with Gasteiger partial charge in [-0.1, -0.05) is 20.8 Å². The Bertz CT molecular complexity index is 175. The summed E-state index contributed by atoms with van der Waals surface area (Å²) in [5.41, 5.74) is 0. The van der Waals surface area contributed by atoms with E-state index in [-0.39, 0.29) is 5.92 Å². The zero-order chi connectivity index (χ0) is 11.3. The second kappa shape index (κ2) is 6.18. The van der Waals surface area contributed by atoms with Crippen LogP contribution in [0.25, 0.3) is 0 Å². The van der Waals surface area contributed by atoms with E-state index < -0.39 is 0 Å². The lowest BCUT2D eigenvalue weighted by molar-refractivity contribution is -0.122. The standard InChI is InChI=1S/C12H25NO/c1-9(2)12(14)7-11(5)8-13(6)10(3)4/h9-11H,7-8H2,1-6H3. The molecule has 0 rings (SSSR count). The Morgan fingerprint density at radius 3 is 2.00 bits per heavy atom. The summed E-state index contributed by atoms with van der Waals surface area (Å²) >= 11 is 0. The molecule has 0 aliphatic rings. The van der Waals surface area contributed by atoms with Gasteiger partial charge in [0.25, 0.3) is 0 Å². The van der Waals surface area contributed by atoms with Crippen molar-refractivity contribution in [3.05, 3.63) is 0 Å². The van der Waals surface area contributed by atoms with E-state index in [2.05, 4.69) is 32.7 Å². The van der Waals surface area contributed by atoms with Crippen molar-refractivity contribution in [3.63, 3.8) is 0 Å². The summed E-state index contributed by atoms with van der Waals surface area (Å²) in [6.45, 7) is 11.5. The molecule has 84 valence electrons. The highest BCUT2D eigenvalue weighted by Crippen LogP contribution is 2.10. The van der Waals surface area contributed by atoms with Crippen LogP contribution in [-0.4, -0.2) is 30.3 Å². The van der Waals surface area contributed by atoms with Crippen molar-refractivity contribution in [2.75, 3.05) is 13.6 Å². The molecule has 0 amide bonds. The zero-order valence-corrected chi connectivity index (χ0v) is 10.5. The highest BCUT2D eigenvalue weighted by atomic mass is 16.1. The zero-order valence-electron chi connectivity index (χ0n) is 10.5. The van der Waals surface area contributed by atoms with Gasteiger partial charge in [-0.15, -0.1) is 0 Å². The van der Waals surface area contributed by atoms with Gasteiger partial charge in [0.05, 0.1) is 0 Å². The molecule has 0 saturated heterocycles. The van der Waals surface area contributed by atoms with Gasteiger partial charge in [0.15, 0.2) is 0 Å². The van der Waals surface area contributed by atoms with Gasteiger partial charge < -0.3 is 4.90 Å². The predicted molar refractivity (Wildman–Crippen MR) is 61.4 cm³/mol. The minimum atomic E-state index is 0.182. The van der Waals surface area contributed by atoms with Crippen LogP contribution in [0.15, 0.2) is 0 Å². The van der Waals surface area contributed by atoms with Crippen molar-refractivity contribution in [1.29, 1.82) is 0 Å². The summed E-state index contributed by atoms with van der Waals surface area (Å²) in [4.78, 5) is 13.8. The molecule has 0 bridgehead atoms. The summed E-state index contributed by atoms with van der Waals surface area (Å²) in [6, 6.07) is 0.562. The van der Waals surface area contributed by atoms with Crippen LogP contribution in [0.2, 0.25) is 0 Å². The monoisotopic (exact) mass is 199 g/mol. The maximum atomic E-state index is 11.5. The van der Waals surface area contributed by atoms with Crippen molar-refractivity contribution in [2.24, 2.45) is 11.8 Å². The molecule has 0 radical (unpaired) electrons. The molecule has 0 aromatic carbocycles. The van der Waals surface area contributed by atoms with Gasteiger partial charge in [0, 0.05) is 24.9 Å². The third kappa shape index (κ3) is 5.38. The lowest BCUT2D eigenvalue weighted by Gasteiger charge is -2.24. The molecule has 0 spiro atoms. The smallest absolute Gasteiger partial charge is 0.135 e. The predicted octanol–water partition coefficient (Wildman–Crippen LogP) is 2.58. The lowest BCUT2D eigenvalue weighted by Crippen LogP contribution is -2.31. The summed E-state index contributed by atoms with van der Waals surface area (Å²) in [5, 5.41) is 0. The Balaban J connectivity index is 3.86. The molecule has 0 aliphatic carbocycles. The Labute approximate surface area is 88.7 Å².